The lowest BCUT2D eigenvalue weighted by Crippen LogP contribution is -2.08. The summed E-state index contributed by atoms with van der Waals surface area (Å²) < 4.78 is 1.97. The number of hydrogen-bond acceptors (Lipinski definition) is 3. The number of nitrogens with two attached hydrogens (primary N) is 1. The zero-order valence-corrected chi connectivity index (χ0v) is 6.62. The normalized spacial score (nSPS) is 17.3. The highest BCUT2D eigenvalue weighted by Gasteiger charge is 2.27. The molecule has 1 saturated carbocycles. The zero-order valence-electron chi connectivity index (χ0n) is 6.62. The summed E-state index contributed by atoms with van der Waals surface area (Å²) in [5.41, 5.74) is 7.62. The van der Waals surface area contributed by atoms with E-state index in [1.165, 1.54) is 12.8 Å². The van der Waals surface area contributed by atoms with E-state index in [9.17, 15) is 0 Å². The Morgan fingerprint density at radius 1 is 1.64 bits per heavy atom. The molecule has 1 fully saturated rings. The van der Waals surface area contributed by atoms with Gasteiger partial charge in [-0.1, -0.05) is 5.21 Å². The average Bonchev–Trinajstić information content (AvgIpc) is 2.76. The second-order valence-electron chi connectivity index (χ2n) is 3.00. The molecule has 0 atom stereocenters. The van der Waals surface area contributed by atoms with Gasteiger partial charge in [-0.3, -0.25) is 0 Å². The van der Waals surface area contributed by atoms with Crippen molar-refractivity contribution in [3.05, 3.63) is 11.4 Å². The minimum atomic E-state index is 0.551. The van der Waals surface area contributed by atoms with E-state index in [4.69, 9.17) is 5.73 Å². The molecule has 0 amide bonds. The third-order valence-electron chi connectivity index (χ3n) is 2.07. The van der Waals surface area contributed by atoms with Gasteiger partial charge in [0.1, 0.15) is 0 Å². The summed E-state index contributed by atoms with van der Waals surface area (Å²) in [6, 6.07) is 0.592. The minimum Gasteiger partial charge on any atom is -0.325 e. The minimum absolute atomic E-state index is 0.551. The molecule has 0 bridgehead atoms. The van der Waals surface area contributed by atoms with E-state index in [0.29, 0.717) is 12.6 Å². The molecule has 0 aromatic carbocycles. The van der Waals surface area contributed by atoms with Crippen molar-refractivity contribution in [2.75, 3.05) is 0 Å². The highest BCUT2D eigenvalue weighted by atomic mass is 15.5. The molecule has 1 aliphatic rings. The monoisotopic (exact) mass is 152 g/mol. The third-order valence-corrected chi connectivity index (χ3v) is 2.07. The van der Waals surface area contributed by atoms with Crippen molar-refractivity contribution in [1.82, 2.24) is 15.0 Å². The summed E-state index contributed by atoms with van der Waals surface area (Å²) in [6.45, 7) is 2.50. The van der Waals surface area contributed by atoms with Crippen molar-refractivity contribution in [3.8, 4) is 0 Å². The molecule has 0 saturated heterocycles. The van der Waals surface area contributed by atoms with Crippen LogP contribution in [0.15, 0.2) is 0 Å². The molecule has 1 aromatic rings. The Kier molecular flexibility index (Phi) is 1.42. The van der Waals surface area contributed by atoms with Gasteiger partial charge in [-0.15, -0.1) is 5.10 Å². The quantitative estimate of drug-likeness (QED) is 0.666. The molecule has 1 aromatic heterocycles. The van der Waals surface area contributed by atoms with Crippen molar-refractivity contribution >= 4 is 0 Å². The second kappa shape index (κ2) is 2.30. The Hall–Kier alpha value is -0.900. The van der Waals surface area contributed by atoms with Gasteiger partial charge < -0.3 is 5.73 Å². The lowest BCUT2D eigenvalue weighted by molar-refractivity contribution is 0.583. The van der Waals surface area contributed by atoms with Crippen LogP contribution in [0.2, 0.25) is 0 Å². The van der Waals surface area contributed by atoms with Crippen LogP contribution in [0.25, 0.3) is 0 Å². The first kappa shape index (κ1) is 6.79. The molecule has 0 spiro atoms. The van der Waals surface area contributed by atoms with Gasteiger partial charge in [0.05, 0.1) is 17.4 Å². The topological polar surface area (TPSA) is 56.7 Å². The molecule has 2 N–H and O–H groups in total. The largest absolute Gasteiger partial charge is 0.325 e. The standard InChI is InChI=1S/C7H12N4/c1-5-7(4-8)11(10-9-5)6-2-3-6/h6H,2-4,8H2,1H3. The summed E-state index contributed by atoms with van der Waals surface area (Å²) in [6.07, 6.45) is 2.46. The number of aromatic nitrogens is 3. The maximum absolute atomic E-state index is 5.56. The fraction of sp³-hybridized carbons (Fsp3) is 0.714. The molecule has 11 heavy (non-hydrogen) atoms. The summed E-state index contributed by atoms with van der Waals surface area (Å²) in [7, 11) is 0. The summed E-state index contributed by atoms with van der Waals surface area (Å²) in [5, 5.41) is 8.02. The van der Waals surface area contributed by atoms with Crippen LogP contribution in [0.4, 0.5) is 0 Å². The van der Waals surface area contributed by atoms with Crippen molar-refractivity contribution < 1.29 is 0 Å². The lowest BCUT2D eigenvalue weighted by atomic mass is 10.3. The maximum atomic E-state index is 5.56. The molecule has 0 radical (unpaired) electrons. The van der Waals surface area contributed by atoms with Gasteiger partial charge in [0.15, 0.2) is 0 Å². The van der Waals surface area contributed by atoms with Crippen LogP contribution in [-0.4, -0.2) is 15.0 Å². The Morgan fingerprint density at radius 2 is 2.36 bits per heavy atom. The summed E-state index contributed by atoms with van der Waals surface area (Å²) in [5.74, 6) is 0. The summed E-state index contributed by atoms with van der Waals surface area (Å²) >= 11 is 0. The van der Waals surface area contributed by atoms with E-state index in [1.807, 2.05) is 11.6 Å². The molecule has 0 aliphatic heterocycles. The molecule has 1 aliphatic carbocycles. The van der Waals surface area contributed by atoms with Crippen LogP contribution < -0.4 is 5.73 Å². The first-order chi connectivity index (χ1) is 5.33. The highest BCUT2D eigenvalue weighted by molar-refractivity contribution is 5.09. The van der Waals surface area contributed by atoms with Crippen LogP contribution >= 0.6 is 0 Å². The smallest absolute Gasteiger partial charge is 0.0841 e. The Labute approximate surface area is 65.4 Å². The van der Waals surface area contributed by atoms with E-state index in [1.54, 1.807) is 0 Å². The Balaban J connectivity index is 2.36. The second-order valence-corrected chi connectivity index (χ2v) is 3.00. The molecule has 4 heteroatoms. The van der Waals surface area contributed by atoms with Crippen LogP contribution in [0.5, 0.6) is 0 Å². The van der Waals surface area contributed by atoms with Gasteiger partial charge in [-0.25, -0.2) is 4.68 Å². The molecule has 60 valence electrons. The molecule has 1 heterocycles. The van der Waals surface area contributed by atoms with Crippen molar-refractivity contribution in [3.63, 3.8) is 0 Å². The van der Waals surface area contributed by atoms with Crippen LogP contribution in [0, 0.1) is 6.92 Å². The lowest BCUT2D eigenvalue weighted by Gasteiger charge is -2.00. The molecule has 0 unspecified atom stereocenters. The van der Waals surface area contributed by atoms with Crippen molar-refractivity contribution in [2.24, 2.45) is 5.73 Å². The number of hydrogen-bond donors (Lipinski definition) is 1. The fourth-order valence-corrected chi connectivity index (χ4v) is 1.25. The van der Waals surface area contributed by atoms with E-state index in [-0.39, 0.29) is 0 Å². The van der Waals surface area contributed by atoms with Crippen LogP contribution in [0.3, 0.4) is 0 Å². The van der Waals surface area contributed by atoms with Gasteiger partial charge in [0, 0.05) is 6.54 Å². The Bertz CT molecular complexity index is 261. The predicted molar refractivity (Wildman–Crippen MR) is 40.9 cm³/mol. The number of nitrogens with zero attached hydrogens (tertiary/aromatic N) is 3. The van der Waals surface area contributed by atoms with E-state index >= 15 is 0 Å². The van der Waals surface area contributed by atoms with Crippen LogP contribution in [-0.2, 0) is 6.54 Å². The predicted octanol–water partition coefficient (Wildman–Crippen LogP) is 0.380. The summed E-state index contributed by atoms with van der Waals surface area (Å²) in [4.78, 5) is 0. The van der Waals surface area contributed by atoms with Gasteiger partial charge >= 0.3 is 0 Å². The maximum Gasteiger partial charge on any atom is 0.0841 e. The molecule has 4 nitrogen and oxygen atoms in total. The Morgan fingerprint density at radius 3 is 2.91 bits per heavy atom. The van der Waals surface area contributed by atoms with Gasteiger partial charge in [0.2, 0.25) is 0 Å². The van der Waals surface area contributed by atoms with Gasteiger partial charge in [-0.2, -0.15) is 0 Å². The SMILES string of the molecule is Cc1nnn(C2CC2)c1CN. The first-order valence-corrected chi connectivity index (χ1v) is 3.93. The highest BCUT2D eigenvalue weighted by Crippen LogP contribution is 2.35. The van der Waals surface area contributed by atoms with Crippen molar-refractivity contribution in [1.29, 1.82) is 0 Å². The molecular weight excluding hydrogens is 140 g/mol. The van der Waals surface area contributed by atoms with Gasteiger partial charge in [-0.05, 0) is 19.8 Å². The zero-order chi connectivity index (χ0) is 7.84. The average molecular weight is 152 g/mol. The number of aryl methyl sites for hydroxylation is 1. The van der Waals surface area contributed by atoms with E-state index in [0.717, 1.165) is 11.4 Å². The first-order valence-electron chi connectivity index (χ1n) is 3.93. The van der Waals surface area contributed by atoms with Crippen LogP contribution in [0.1, 0.15) is 30.3 Å². The van der Waals surface area contributed by atoms with Crippen molar-refractivity contribution in [2.45, 2.75) is 32.4 Å². The number of rotatable bonds is 2. The molecular formula is C7H12N4. The van der Waals surface area contributed by atoms with E-state index in [2.05, 4.69) is 10.3 Å². The van der Waals surface area contributed by atoms with E-state index < -0.39 is 0 Å². The third kappa shape index (κ3) is 1.03. The fourth-order valence-electron chi connectivity index (χ4n) is 1.25. The molecule has 2 rings (SSSR count). The van der Waals surface area contributed by atoms with Gasteiger partial charge in [0.25, 0.3) is 0 Å².